The highest BCUT2D eigenvalue weighted by molar-refractivity contribution is 4.97. The summed E-state index contributed by atoms with van der Waals surface area (Å²) in [4.78, 5) is 0. The molecule has 0 aromatic heterocycles. The molecule has 0 aliphatic heterocycles. The second kappa shape index (κ2) is 7.02. The van der Waals surface area contributed by atoms with Gasteiger partial charge >= 0.3 is 0 Å². The van der Waals surface area contributed by atoms with Gasteiger partial charge in [0.05, 0.1) is 6.10 Å². The average molecular weight is 212 g/mol. The third-order valence-electron chi connectivity index (χ3n) is 2.92. The van der Waals surface area contributed by atoms with Gasteiger partial charge in [-0.05, 0) is 32.1 Å². The molecule has 88 valence electrons. The molecule has 0 saturated heterocycles. The van der Waals surface area contributed by atoms with Crippen molar-refractivity contribution < 1.29 is 9.47 Å². The minimum atomic E-state index is 0.313. The van der Waals surface area contributed by atoms with Crippen LogP contribution in [0.4, 0.5) is 0 Å². The first kappa shape index (κ1) is 12.7. The Labute approximate surface area is 93.7 Å². The van der Waals surface area contributed by atoms with E-state index in [1.54, 1.807) is 0 Å². The summed E-state index contributed by atoms with van der Waals surface area (Å²) in [7, 11) is 0. The summed E-state index contributed by atoms with van der Waals surface area (Å²) < 4.78 is 11.1. The van der Waals surface area contributed by atoms with Crippen LogP contribution in [0.2, 0.25) is 0 Å². The first-order chi connectivity index (χ1) is 7.25. The van der Waals surface area contributed by atoms with E-state index in [2.05, 4.69) is 26.0 Å². The monoisotopic (exact) mass is 212 g/mol. The highest BCUT2D eigenvalue weighted by Gasteiger charge is 2.24. The van der Waals surface area contributed by atoms with E-state index in [4.69, 9.17) is 9.47 Å². The highest BCUT2D eigenvalue weighted by atomic mass is 16.7. The maximum absolute atomic E-state index is 5.81. The molecule has 0 spiro atoms. The van der Waals surface area contributed by atoms with Crippen LogP contribution in [0, 0.1) is 11.8 Å². The van der Waals surface area contributed by atoms with Crippen LogP contribution in [0.5, 0.6) is 0 Å². The number of allylic oxidation sites excluding steroid dienone is 1. The fourth-order valence-electron chi connectivity index (χ4n) is 2.13. The van der Waals surface area contributed by atoms with Gasteiger partial charge in [-0.25, -0.2) is 0 Å². The van der Waals surface area contributed by atoms with Gasteiger partial charge in [-0.15, -0.1) is 0 Å². The fourth-order valence-corrected chi connectivity index (χ4v) is 2.13. The van der Waals surface area contributed by atoms with Crippen molar-refractivity contribution in [2.45, 2.75) is 46.1 Å². The summed E-state index contributed by atoms with van der Waals surface area (Å²) in [6, 6.07) is 0. The van der Waals surface area contributed by atoms with E-state index in [9.17, 15) is 0 Å². The molecule has 1 aliphatic carbocycles. The van der Waals surface area contributed by atoms with E-state index in [0.717, 1.165) is 6.61 Å². The largest absolute Gasteiger partial charge is 0.356 e. The van der Waals surface area contributed by atoms with Crippen LogP contribution in [0.25, 0.3) is 0 Å². The molecule has 2 nitrogen and oxygen atoms in total. The molecule has 0 bridgehead atoms. The van der Waals surface area contributed by atoms with Crippen LogP contribution in [0.3, 0.4) is 0 Å². The fraction of sp³-hybridized carbons (Fsp3) is 0.846. The summed E-state index contributed by atoms with van der Waals surface area (Å²) in [5.74, 6) is 1.14. The van der Waals surface area contributed by atoms with Gasteiger partial charge in [0.15, 0.2) is 0 Å². The van der Waals surface area contributed by atoms with Crippen molar-refractivity contribution in [3.63, 3.8) is 0 Å². The molecule has 0 saturated carbocycles. The van der Waals surface area contributed by atoms with Gasteiger partial charge in [-0.2, -0.15) is 0 Å². The van der Waals surface area contributed by atoms with Crippen molar-refractivity contribution in [1.29, 1.82) is 0 Å². The van der Waals surface area contributed by atoms with Crippen molar-refractivity contribution in [3.8, 4) is 0 Å². The van der Waals surface area contributed by atoms with Crippen LogP contribution in [0.1, 0.15) is 40.0 Å². The van der Waals surface area contributed by atoms with Crippen LogP contribution >= 0.6 is 0 Å². The second-order valence-electron chi connectivity index (χ2n) is 4.51. The number of hydrogen-bond acceptors (Lipinski definition) is 2. The molecule has 0 amide bonds. The molecule has 2 unspecified atom stereocenters. The molecule has 15 heavy (non-hydrogen) atoms. The molecule has 1 aliphatic rings. The van der Waals surface area contributed by atoms with Crippen molar-refractivity contribution in [2.75, 3.05) is 13.4 Å². The van der Waals surface area contributed by atoms with Crippen LogP contribution in [0.15, 0.2) is 12.2 Å². The topological polar surface area (TPSA) is 18.5 Å². The van der Waals surface area contributed by atoms with E-state index in [-0.39, 0.29) is 0 Å². The molecular weight excluding hydrogens is 188 g/mol. The minimum absolute atomic E-state index is 0.313. The molecule has 0 heterocycles. The lowest BCUT2D eigenvalue weighted by Crippen LogP contribution is -2.30. The molecular formula is C13H24O2. The van der Waals surface area contributed by atoms with Gasteiger partial charge in [0.1, 0.15) is 6.79 Å². The van der Waals surface area contributed by atoms with Crippen molar-refractivity contribution in [3.05, 3.63) is 12.2 Å². The zero-order chi connectivity index (χ0) is 11.1. The Morgan fingerprint density at radius 1 is 1.40 bits per heavy atom. The maximum atomic E-state index is 5.81. The van der Waals surface area contributed by atoms with E-state index >= 15 is 0 Å². The second-order valence-corrected chi connectivity index (χ2v) is 4.51. The molecule has 0 aromatic rings. The minimum Gasteiger partial charge on any atom is -0.356 e. The normalized spacial score (nSPS) is 23.3. The van der Waals surface area contributed by atoms with Crippen LogP contribution in [-0.2, 0) is 9.47 Å². The predicted molar refractivity (Wildman–Crippen MR) is 62.7 cm³/mol. The lowest BCUT2D eigenvalue weighted by Gasteiger charge is -2.29. The first-order valence-electron chi connectivity index (χ1n) is 6.11. The smallest absolute Gasteiger partial charge is 0.147 e. The average Bonchev–Trinajstić information content (AvgIpc) is 2.25. The molecule has 0 radical (unpaired) electrons. The SMILES string of the molecule is CCOCOC(C(C)C)C1C=CCCC1. The Morgan fingerprint density at radius 3 is 2.73 bits per heavy atom. The Morgan fingerprint density at radius 2 is 2.20 bits per heavy atom. The number of rotatable bonds is 6. The van der Waals surface area contributed by atoms with E-state index in [1.165, 1.54) is 19.3 Å². The maximum Gasteiger partial charge on any atom is 0.147 e. The standard InChI is InChI=1S/C13H24O2/c1-4-14-10-15-13(11(2)3)12-8-6-5-7-9-12/h6,8,11-13H,4-5,7,9-10H2,1-3H3. The Balaban J connectivity index is 2.41. The molecule has 2 atom stereocenters. The Kier molecular flexibility index (Phi) is 5.96. The molecule has 0 fully saturated rings. The van der Waals surface area contributed by atoms with Gasteiger partial charge < -0.3 is 9.47 Å². The molecule has 0 N–H and O–H groups in total. The lowest BCUT2D eigenvalue weighted by atomic mass is 9.86. The number of ether oxygens (including phenoxy) is 2. The van der Waals surface area contributed by atoms with Crippen LogP contribution in [-0.4, -0.2) is 19.5 Å². The summed E-state index contributed by atoms with van der Waals surface area (Å²) in [5, 5.41) is 0. The van der Waals surface area contributed by atoms with Gasteiger partial charge in [0, 0.05) is 12.5 Å². The summed E-state index contributed by atoms with van der Waals surface area (Å²) in [5.41, 5.74) is 0. The van der Waals surface area contributed by atoms with Crippen molar-refractivity contribution in [1.82, 2.24) is 0 Å². The first-order valence-corrected chi connectivity index (χ1v) is 6.11. The summed E-state index contributed by atoms with van der Waals surface area (Å²) in [6.45, 7) is 7.60. The Bertz CT molecular complexity index is 187. The summed E-state index contributed by atoms with van der Waals surface area (Å²) in [6.07, 6.45) is 8.70. The molecule has 1 rings (SSSR count). The van der Waals surface area contributed by atoms with E-state index in [1.807, 2.05) is 6.92 Å². The van der Waals surface area contributed by atoms with Crippen molar-refractivity contribution in [2.24, 2.45) is 11.8 Å². The van der Waals surface area contributed by atoms with Crippen molar-refractivity contribution >= 4 is 0 Å². The van der Waals surface area contributed by atoms with Gasteiger partial charge in [-0.3, -0.25) is 0 Å². The van der Waals surface area contributed by atoms with E-state index in [0.29, 0.717) is 24.7 Å². The number of hydrogen-bond donors (Lipinski definition) is 0. The zero-order valence-electron chi connectivity index (χ0n) is 10.2. The molecule has 0 aromatic carbocycles. The van der Waals surface area contributed by atoms with Gasteiger partial charge in [0.25, 0.3) is 0 Å². The van der Waals surface area contributed by atoms with Gasteiger partial charge in [0.2, 0.25) is 0 Å². The highest BCUT2D eigenvalue weighted by Crippen LogP contribution is 2.26. The third-order valence-corrected chi connectivity index (χ3v) is 2.92. The lowest BCUT2D eigenvalue weighted by molar-refractivity contribution is -0.114. The quantitative estimate of drug-likeness (QED) is 0.382. The Hall–Kier alpha value is -0.340. The summed E-state index contributed by atoms with van der Waals surface area (Å²) >= 11 is 0. The zero-order valence-corrected chi connectivity index (χ0v) is 10.2. The van der Waals surface area contributed by atoms with Crippen LogP contribution < -0.4 is 0 Å². The molecule has 2 heteroatoms. The van der Waals surface area contributed by atoms with E-state index < -0.39 is 0 Å². The predicted octanol–water partition coefficient (Wildman–Crippen LogP) is 3.38. The van der Waals surface area contributed by atoms with Gasteiger partial charge in [-0.1, -0.05) is 26.0 Å². The third kappa shape index (κ3) is 4.35.